The van der Waals surface area contributed by atoms with Crippen LogP contribution in [0.1, 0.15) is 37.7 Å². The summed E-state index contributed by atoms with van der Waals surface area (Å²) in [7, 11) is 0. The SMILES string of the molecule is I.NC(=NCc1ccc(N2CCOC2=O)cc1)NC1CCCCC1. The Morgan fingerprint density at radius 3 is 2.58 bits per heavy atom. The van der Waals surface area contributed by atoms with E-state index >= 15 is 0 Å². The van der Waals surface area contributed by atoms with Crippen molar-refractivity contribution in [3.63, 3.8) is 0 Å². The molecule has 1 aliphatic heterocycles. The number of rotatable bonds is 4. The van der Waals surface area contributed by atoms with Crippen LogP contribution < -0.4 is 16.0 Å². The summed E-state index contributed by atoms with van der Waals surface area (Å²) in [5.41, 5.74) is 7.89. The molecule has 0 radical (unpaired) electrons. The predicted molar refractivity (Wildman–Crippen MR) is 106 cm³/mol. The number of anilines is 1. The minimum Gasteiger partial charge on any atom is -0.447 e. The fourth-order valence-electron chi connectivity index (χ4n) is 3.09. The first kappa shape index (κ1) is 18.8. The summed E-state index contributed by atoms with van der Waals surface area (Å²) >= 11 is 0. The first-order valence-corrected chi connectivity index (χ1v) is 8.32. The molecule has 132 valence electrons. The molecule has 0 bridgehead atoms. The van der Waals surface area contributed by atoms with Crippen LogP contribution in [0.3, 0.4) is 0 Å². The molecule has 1 aromatic rings. The van der Waals surface area contributed by atoms with Crippen molar-refractivity contribution in [2.75, 3.05) is 18.1 Å². The summed E-state index contributed by atoms with van der Waals surface area (Å²) in [6, 6.07) is 8.25. The summed E-state index contributed by atoms with van der Waals surface area (Å²) in [5.74, 6) is 0.518. The quantitative estimate of drug-likeness (QED) is 0.425. The lowest BCUT2D eigenvalue weighted by molar-refractivity contribution is 0.181. The lowest BCUT2D eigenvalue weighted by Gasteiger charge is -2.23. The Hall–Kier alpha value is -1.51. The summed E-state index contributed by atoms with van der Waals surface area (Å²) in [5, 5.41) is 3.31. The van der Waals surface area contributed by atoms with Gasteiger partial charge in [-0.25, -0.2) is 9.79 Å². The van der Waals surface area contributed by atoms with Gasteiger partial charge in [-0.15, -0.1) is 24.0 Å². The molecule has 1 heterocycles. The van der Waals surface area contributed by atoms with Gasteiger partial charge in [0.1, 0.15) is 6.61 Å². The minimum absolute atomic E-state index is 0. The third-order valence-corrected chi connectivity index (χ3v) is 4.40. The van der Waals surface area contributed by atoms with E-state index in [9.17, 15) is 4.79 Å². The molecule has 3 N–H and O–H groups in total. The Kier molecular flexibility index (Phi) is 7.14. The van der Waals surface area contributed by atoms with Crippen molar-refractivity contribution in [1.29, 1.82) is 0 Å². The summed E-state index contributed by atoms with van der Waals surface area (Å²) in [6.07, 6.45) is 5.94. The van der Waals surface area contributed by atoms with Crippen molar-refractivity contribution in [1.82, 2.24) is 5.32 Å². The number of carbonyl (C=O) groups is 1. The van der Waals surface area contributed by atoms with Gasteiger partial charge < -0.3 is 15.8 Å². The third-order valence-electron chi connectivity index (χ3n) is 4.40. The lowest BCUT2D eigenvalue weighted by atomic mass is 9.96. The van der Waals surface area contributed by atoms with Gasteiger partial charge in [0.25, 0.3) is 0 Å². The van der Waals surface area contributed by atoms with Gasteiger partial charge in [0.15, 0.2) is 5.96 Å². The van der Waals surface area contributed by atoms with Gasteiger partial charge >= 0.3 is 6.09 Å². The molecule has 7 heteroatoms. The van der Waals surface area contributed by atoms with Crippen LogP contribution in [-0.2, 0) is 11.3 Å². The zero-order valence-corrected chi connectivity index (χ0v) is 16.1. The molecule has 2 fully saturated rings. The molecule has 0 aromatic heterocycles. The maximum atomic E-state index is 11.5. The fraction of sp³-hybridized carbons (Fsp3) is 0.529. The monoisotopic (exact) mass is 444 g/mol. The number of nitrogens with two attached hydrogens (primary N) is 1. The van der Waals surface area contributed by atoms with E-state index in [0.29, 0.717) is 31.7 Å². The predicted octanol–water partition coefficient (Wildman–Crippen LogP) is 3.00. The van der Waals surface area contributed by atoms with Crippen LogP contribution in [0.5, 0.6) is 0 Å². The molecule has 1 aliphatic carbocycles. The van der Waals surface area contributed by atoms with Gasteiger partial charge in [0, 0.05) is 11.7 Å². The number of benzene rings is 1. The molecule has 1 aromatic carbocycles. The fourth-order valence-corrected chi connectivity index (χ4v) is 3.09. The molecule has 1 saturated heterocycles. The molecule has 3 rings (SSSR count). The Labute approximate surface area is 159 Å². The second-order valence-corrected chi connectivity index (χ2v) is 6.11. The van der Waals surface area contributed by atoms with Crippen molar-refractivity contribution in [3.05, 3.63) is 29.8 Å². The standard InChI is InChI=1S/C17H24N4O2.HI/c18-16(20-14-4-2-1-3-5-14)19-12-13-6-8-15(9-7-13)21-10-11-23-17(21)22;/h6-9,14H,1-5,10-12H2,(H3,18,19,20);1H. The van der Waals surface area contributed by atoms with E-state index in [1.54, 1.807) is 4.90 Å². The maximum absolute atomic E-state index is 11.5. The third kappa shape index (κ3) is 4.99. The Balaban J connectivity index is 0.00000208. The van der Waals surface area contributed by atoms with Crippen molar-refractivity contribution < 1.29 is 9.53 Å². The van der Waals surface area contributed by atoms with E-state index < -0.39 is 0 Å². The highest BCUT2D eigenvalue weighted by molar-refractivity contribution is 14.0. The van der Waals surface area contributed by atoms with Gasteiger partial charge in [0.2, 0.25) is 0 Å². The van der Waals surface area contributed by atoms with Crippen molar-refractivity contribution in [2.24, 2.45) is 10.7 Å². The van der Waals surface area contributed by atoms with Gasteiger partial charge in [-0.3, -0.25) is 4.90 Å². The molecular formula is C17H25IN4O2. The zero-order valence-electron chi connectivity index (χ0n) is 13.7. The van der Waals surface area contributed by atoms with Crippen molar-refractivity contribution in [3.8, 4) is 0 Å². The van der Waals surface area contributed by atoms with Gasteiger partial charge in [-0.2, -0.15) is 0 Å². The minimum atomic E-state index is -0.281. The van der Waals surface area contributed by atoms with E-state index in [0.717, 1.165) is 11.3 Å². The van der Waals surface area contributed by atoms with Crippen LogP contribution in [0.2, 0.25) is 0 Å². The molecule has 0 spiro atoms. The average Bonchev–Trinajstić information content (AvgIpc) is 3.00. The number of nitrogens with zero attached hydrogens (tertiary/aromatic N) is 2. The summed E-state index contributed by atoms with van der Waals surface area (Å²) < 4.78 is 4.94. The van der Waals surface area contributed by atoms with E-state index in [1.165, 1.54) is 32.1 Å². The van der Waals surface area contributed by atoms with E-state index in [2.05, 4.69) is 10.3 Å². The van der Waals surface area contributed by atoms with Crippen molar-refractivity contribution in [2.45, 2.75) is 44.7 Å². The number of nitrogens with one attached hydrogen (secondary N) is 1. The number of cyclic esters (lactones) is 1. The van der Waals surface area contributed by atoms with E-state index in [1.807, 2.05) is 24.3 Å². The Morgan fingerprint density at radius 1 is 1.25 bits per heavy atom. The Morgan fingerprint density at radius 2 is 1.96 bits per heavy atom. The molecule has 0 unspecified atom stereocenters. The van der Waals surface area contributed by atoms with Gasteiger partial charge in [-0.05, 0) is 30.5 Å². The van der Waals surface area contributed by atoms with Gasteiger partial charge in [0.05, 0.1) is 13.1 Å². The second kappa shape index (κ2) is 9.10. The highest BCUT2D eigenvalue weighted by Gasteiger charge is 2.23. The molecular weight excluding hydrogens is 419 g/mol. The number of carbonyl (C=O) groups excluding carboxylic acids is 1. The highest BCUT2D eigenvalue weighted by atomic mass is 127. The molecule has 2 aliphatic rings. The number of amides is 1. The number of ether oxygens (including phenoxy) is 1. The van der Waals surface area contributed by atoms with Crippen LogP contribution >= 0.6 is 24.0 Å². The maximum Gasteiger partial charge on any atom is 0.414 e. The smallest absolute Gasteiger partial charge is 0.414 e. The number of guanidine groups is 1. The number of hydrogen-bond acceptors (Lipinski definition) is 3. The lowest BCUT2D eigenvalue weighted by Crippen LogP contribution is -2.41. The number of aliphatic imine (C=N–C) groups is 1. The van der Waals surface area contributed by atoms with Crippen LogP contribution in [0.4, 0.5) is 10.5 Å². The first-order chi connectivity index (χ1) is 11.2. The molecule has 24 heavy (non-hydrogen) atoms. The average molecular weight is 444 g/mol. The van der Waals surface area contributed by atoms with Crippen LogP contribution in [0.25, 0.3) is 0 Å². The van der Waals surface area contributed by atoms with E-state index in [-0.39, 0.29) is 30.1 Å². The van der Waals surface area contributed by atoms with Gasteiger partial charge in [-0.1, -0.05) is 31.4 Å². The first-order valence-electron chi connectivity index (χ1n) is 8.32. The number of hydrogen-bond donors (Lipinski definition) is 2. The van der Waals surface area contributed by atoms with Crippen LogP contribution in [-0.4, -0.2) is 31.2 Å². The molecule has 1 saturated carbocycles. The van der Waals surface area contributed by atoms with Crippen molar-refractivity contribution >= 4 is 41.7 Å². The summed E-state index contributed by atoms with van der Waals surface area (Å²) in [4.78, 5) is 17.6. The number of halogens is 1. The normalized spacial score (nSPS) is 18.9. The zero-order chi connectivity index (χ0) is 16.1. The molecule has 1 amide bonds. The Bertz CT molecular complexity index is 570. The van der Waals surface area contributed by atoms with Crippen LogP contribution in [0.15, 0.2) is 29.3 Å². The summed E-state index contributed by atoms with van der Waals surface area (Å²) in [6.45, 7) is 1.60. The molecule has 0 atom stereocenters. The highest BCUT2D eigenvalue weighted by Crippen LogP contribution is 2.19. The van der Waals surface area contributed by atoms with Crippen LogP contribution in [0, 0.1) is 0 Å². The molecule has 6 nitrogen and oxygen atoms in total. The topological polar surface area (TPSA) is 79.9 Å². The second-order valence-electron chi connectivity index (χ2n) is 6.11. The largest absolute Gasteiger partial charge is 0.447 e. The van der Waals surface area contributed by atoms with E-state index in [4.69, 9.17) is 10.5 Å².